The molecule has 1 aliphatic heterocycles. The molecule has 1 amide bonds. The minimum absolute atomic E-state index is 0.212. The summed E-state index contributed by atoms with van der Waals surface area (Å²) in [5, 5.41) is 1.37. The molecule has 1 fully saturated rings. The van der Waals surface area contributed by atoms with Crippen molar-refractivity contribution in [3.63, 3.8) is 0 Å². The Bertz CT molecular complexity index is 242. The van der Waals surface area contributed by atoms with Crippen LogP contribution < -0.4 is 5.43 Å². The van der Waals surface area contributed by atoms with Crippen molar-refractivity contribution in [3.05, 3.63) is 0 Å². The molecule has 1 rings (SSSR count). The number of nitrogens with zero attached hydrogens (tertiary/aromatic N) is 1. The van der Waals surface area contributed by atoms with Gasteiger partial charge in [-0.25, -0.2) is 5.43 Å². The van der Waals surface area contributed by atoms with Crippen molar-refractivity contribution in [2.45, 2.75) is 33.7 Å². The molecule has 0 bridgehead atoms. The van der Waals surface area contributed by atoms with Crippen molar-refractivity contribution in [2.24, 2.45) is 5.41 Å². The minimum Gasteiger partial charge on any atom is -0.287 e. The van der Waals surface area contributed by atoms with Gasteiger partial charge in [0.05, 0.1) is 6.04 Å². The molecule has 1 aliphatic rings. The van der Waals surface area contributed by atoms with Gasteiger partial charge in [0.1, 0.15) is 0 Å². The summed E-state index contributed by atoms with van der Waals surface area (Å²) >= 11 is 0. The summed E-state index contributed by atoms with van der Waals surface area (Å²) in [6.45, 7) is 8.18. The number of nitrogens with one attached hydrogen (secondary N) is 1. The number of likely N-dealkylation sites (N-methyl/N-ethyl adjacent to an activating group) is 1. The second-order valence-electron chi connectivity index (χ2n) is 4.34. The summed E-state index contributed by atoms with van der Waals surface area (Å²) in [4.78, 5) is 22.8. The molecule has 1 atom stereocenters. The molecule has 1 heterocycles. The van der Waals surface area contributed by atoms with Crippen LogP contribution in [0.1, 0.15) is 27.7 Å². The monoisotopic (exact) mass is 184 g/mol. The minimum atomic E-state index is -0.414. The number of carbonyl (C=O) groups is 2. The molecule has 13 heavy (non-hydrogen) atoms. The lowest BCUT2D eigenvalue weighted by Gasteiger charge is -2.25. The van der Waals surface area contributed by atoms with Crippen molar-refractivity contribution in [3.8, 4) is 0 Å². The highest BCUT2D eigenvalue weighted by molar-refractivity contribution is 6.39. The Labute approximate surface area is 78.3 Å². The van der Waals surface area contributed by atoms with Gasteiger partial charge in [-0.15, -0.1) is 0 Å². The van der Waals surface area contributed by atoms with Crippen LogP contribution in [-0.2, 0) is 9.59 Å². The highest BCUT2D eigenvalue weighted by Gasteiger charge is 2.43. The first-order valence-electron chi connectivity index (χ1n) is 4.49. The van der Waals surface area contributed by atoms with Crippen molar-refractivity contribution in [2.75, 3.05) is 6.54 Å². The Morgan fingerprint density at radius 1 is 1.38 bits per heavy atom. The zero-order valence-electron chi connectivity index (χ0n) is 8.55. The quantitative estimate of drug-likeness (QED) is 0.598. The second-order valence-corrected chi connectivity index (χ2v) is 4.34. The maximum absolute atomic E-state index is 11.5. The summed E-state index contributed by atoms with van der Waals surface area (Å²) in [6, 6.07) is -0.375. The summed E-state index contributed by atoms with van der Waals surface area (Å²) in [6.07, 6.45) is 0. The van der Waals surface area contributed by atoms with E-state index in [4.69, 9.17) is 0 Å². The Hall–Kier alpha value is -0.900. The lowest BCUT2D eigenvalue weighted by Crippen LogP contribution is -2.43. The van der Waals surface area contributed by atoms with Gasteiger partial charge in [-0.05, 0) is 12.3 Å². The SMILES string of the molecule is CCN1NC(C(C)(C)C)C(=O)C1=O. The van der Waals surface area contributed by atoms with Crippen LogP contribution in [0.3, 0.4) is 0 Å². The van der Waals surface area contributed by atoms with Crippen LogP contribution >= 0.6 is 0 Å². The first-order chi connectivity index (χ1) is 5.88. The third-order valence-corrected chi connectivity index (χ3v) is 2.19. The molecular formula is C9H16N2O2. The van der Waals surface area contributed by atoms with Gasteiger partial charge >= 0.3 is 5.91 Å². The molecule has 0 aromatic carbocycles. The third kappa shape index (κ3) is 1.72. The number of hydrazine groups is 1. The van der Waals surface area contributed by atoms with E-state index in [0.29, 0.717) is 6.54 Å². The molecule has 0 radical (unpaired) electrons. The maximum Gasteiger partial charge on any atom is 0.305 e. The van der Waals surface area contributed by atoms with E-state index in [2.05, 4.69) is 5.43 Å². The zero-order chi connectivity index (χ0) is 10.2. The van der Waals surface area contributed by atoms with E-state index in [1.807, 2.05) is 27.7 Å². The van der Waals surface area contributed by atoms with Gasteiger partial charge in [-0.1, -0.05) is 20.8 Å². The van der Waals surface area contributed by atoms with E-state index < -0.39 is 5.91 Å². The molecule has 1 unspecified atom stereocenters. The number of hydrogen-bond donors (Lipinski definition) is 1. The fourth-order valence-corrected chi connectivity index (χ4v) is 1.35. The van der Waals surface area contributed by atoms with Gasteiger partial charge in [0.25, 0.3) is 0 Å². The molecule has 0 aromatic rings. The number of amides is 1. The van der Waals surface area contributed by atoms with E-state index in [-0.39, 0.29) is 17.2 Å². The van der Waals surface area contributed by atoms with E-state index >= 15 is 0 Å². The lowest BCUT2D eigenvalue weighted by molar-refractivity contribution is -0.141. The summed E-state index contributed by atoms with van der Waals surface area (Å²) in [5.74, 6) is -0.739. The molecule has 0 aliphatic carbocycles. The van der Waals surface area contributed by atoms with Crippen LogP contribution in [0.2, 0.25) is 0 Å². The molecule has 4 nitrogen and oxygen atoms in total. The molecule has 1 N–H and O–H groups in total. The highest BCUT2D eigenvalue weighted by Crippen LogP contribution is 2.23. The Morgan fingerprint density at radius 3 is 2.15 bits per heavy atom. The predicted molar refractivity (Wildman–Crippen MR) is 48.8 cm³/mol. The fraction of sp³-hybridized carbons (Fsp3) is 0.778. The summed E-state index contributed by atoms with van der Waals surface area (Å²) in [7, 11) is 0. The molecule has 1 saturated heterocycles. The number of carbonyl (C=O) groups excluding carboxylic acids is 2. The van der Waals surface area contributed by atoms with Gasteiger partial charge in [0.2, 0.25) is 5.78 Å². The first-order valence-corrected chi connectivity index (χ1v) is 4.49. The van der Waals surface area contributed by atoms with E-state index in [1.54, 1.807) is 0 Å². The molecule has 0 saturated carbocycles. The molecule has 0 aromatic heterocycles. The van der Waals surface area contributed by atoms with Crippen molar-refractivity contribution < 1.29 is 9.59 Å². The van der Waals surface area contributed by atoms with E-state index in [1.165, 1.54) is 5.01 Å². The fourth-order valence-electron chi connectivity index (χ4n) is 1.35. The van der Waals surface area contributed by atoms with Crippen LogP contribution in [-0.4, -0.2) is 29.3 Å². The molecular weight excluding hydrogens is 168 g/mol. The smallest absolute Gasteiger partial charge is 0.287 e. The van der Waals surface area contributed by atoms with Crippen LogP contribution in [0.4, 0.5) is 0 Å². The van der Waals surface area contributed by atoms with Gasteiger partial charge in [-0.3, -0.25) is 14.6 Å². The van der Waals surface area contributed by atoms with Crippen LogP contribution in [0.15, 0.2) is 0 Å². The van der Waals surface area contributed by atoms with E-state index in [9.17, 15) is 9.59 Å². The highest BCUT2D eigenvalue weighted by atomic mass is 16.2. The maximum atomic E-state index is 11.5. The lowest BCUT2D eigenvalue weighted by atomic mass is 9.85. The molecule has 0 spiro atoms. The number of rotatable bonds is 1. The standard InChI is InChI=1S/C9H16N2O2/c1-5-11-8(13)6(12)7(10-11)9(2,3)4/h7,10H,5H2,1-4H3. The Balaban J connectivity index is 2.84. The average molecular weight is 184 g/mol. The number of Topliss-reactive ketones (excluding diaryl/α,β-unsaturated/α-hetero) is 1. The number of ketones is 1. The summed E-state index contributed by atoms with van der Waals surface area (Å²) < 4.78 is 0. The van der Waals surface area contributed by atoms with Gasteiger partial charge in [0.15, 0.2) is 0 Å². The first kappa shape index (κ1) is 10.2. The predicted octanol–water partition coefficient (Wildman–Crippen LogP) is 0.337. The van der Waals surface area contributed by atoms with Crippen LogP contribution in [0, 0.1) is 5.41 Å². The van der Waals surface area contributed by atoms with E-state index in [0.717, 1.165) is 0 Å². The van der Waals surface area contributed by atoms with Gasteiger partial charge < -0.3 is 0 Å². The topological polar surface area (TPSA) is 49.4 Å². The van der Waals surface area contributed by atoms with Crippen molar-refractivity contribution >= 4 is 11.7 Å². The van der Waals surface area contributed by atoms with Gasteiger partial charge in [-0.2, -0.15) is 0 Å². The van der Waals surface area contributed by atoms with Crippen LogP contribution in [0.5, 0.6) is 0 Å². The van der Waals surface area contributed by atoms with Crippen molar-refractivity contribution in [1.29, 1.82) is 0 Å². The Kier molecular flexibility index (Phi) is 2.43. The average Bonchev–Trinajstić information content (AvgIpc) is 2.28. The third-order valence-electron chi connectivity index (χ3n) is 2.19. The van der Waals surface area contributed by atoms with Gasteiger partial charge in [0, 0.05) is 6.54 Å². The number of hydrogen-bond acceptors (Lipinski definition) is 3. The Morgan fingerprint density at radius 2 is 1.92 bits per heavy atom. The summed E-state index contributed by atoms with van der Waals surface area (Å²) in [5.41, 5.74) is 2.70. The molecule has 74 valence electrons. The zero-order valence-corrected chi connectivity index (χ0v) is 8.55. The molecule has 4 heteroatoms. The second kappa shape index (κ2) is 3.10. The normalized spacial score (nSPS) is 24.3. The van der Waals surface area contributed by atoms with Crippen molar-refractivity contribution in [1.82, 2.24) is 10.4 Å². The van der Waals surface area contributed by atoms with Crippen LogP contribution in [0.25, 0.3) is 0 Å². The largest absolute Gasteiger partial charge is 0.305 e.